The molecule has 0 aromatic carbocycles. The van der Waals surface area contributed by atoms with Crippen molar-refractivity contribution in [1.29, 1.82) is 0 Å². The van der Waals surface area contributed by atoms with E-state index in [2.05, 4.69) is 5.32 Å². The maximum atomic E-state index is 12.0. The monoisotopic (exact) mass is 265 g/mol. The number of hydrogen-bond donors (Lipinski definition) is 2. The Hall–Kier alpha value is -2.18. The van der Waals surface area contributed by atoms with Gasteiger partial charge in [0.15, 0.2) is 0 Å². The second-order valence-corrected chi connectivity index (χ2v) is 4.55. The molecule has 5 amide bonds. The molecule has 1 saturated heterocycles. The Labute approximate surface area is 110 Å². The molecule has 0 bridgehead atoms. The first kappa shape index (κ1) is 13.3. The highest BCUT2D eigenvalue weighted by Gasteiger charge is 2.47. The van der Waals surface area contributed by atoms with Gasteiger partial charge in [-0.2, -0.15) is 0 Å². The Morgan fingerprint density at radius 1 is 1.21 bits per heavy atom. The predicted octanol–water partition coefficient (Wildman–Crippen LogP) is -0.607. The van der Waals surface area contributed by atoms with Crippen LogP contribution in [0, 0.1) is 11.8 Å². The van der Waals surface area contributed by atoms with Crippen molar-refractivity contribution in [2.45, 2.75) is 12.8 Å². The Bertz CT molecular complexity index is 446. The van der Waals surface area contributed by atoms with Crippen LogP contribution in [0.5, 0.6) is 0 Å². The van der Waals surface area contributed by atoms with E-state index in [1.54, 1.807) is 0 Å². The Balaban J connectivity index is 2.02. The van der Waals surface area contributed by atoms with Crippen LogP contribution in [0.1, 0.15) is 12.8 Å². The molecular formula is C12H15N3O4. The fourth-order valence-electron chi connectivity index (χ4n) is 2.40. The van der Waals surface area contributed by atoms with Crippen molar-refractivity contribution >= 4 is 23.8 Å². The molecule has 0 aromatic rings. The third-order valence-corrected chi connectivity index (χ3v) is 3.38. The Morgan fingerprint density at radius 3 is 2.21 bits per heavy atom. The summed E-state index contributed by atoms with van der Waals surface area (Å²) in [5, 5.41) is 4.25. The van der Waals surface area contributed by atoms with Crippen LogP contribution in [-0.2, 0) is 14.4 Å². The summed E-state index contributed by atoms with van der Waals surface area (Å²) in [6.45, 7) is -0.405. The number of hydrogen-bond acceptors (Lipinski definition) is 4. The van der Waals surface area contributed by atoms with Gasteiger partial charge in [0.05, 0.1) is 11.8 Å². The quantitative estimate of drug-likeness (QED) is 0.514. The van der Waals surface area contributed by atoms with Crippen molar-refractivity contribution < 1.29 is 19.2 Å². The zero-order valence-corrected chi connectivity index (χ0v) is 10.5. The van der Waals surface area contributed by atoms with Gasteiger partial charge < -0.3 is 5.32 Å². The van der Waals surface area contributed by atoms with Crippen LogP contribution in [-0.4, -0.2) is 42.2 Å². The van der Waals surface area contributed by atoms with Crippen LogP contribution in [0.4, 0.5) is 4.79 Å². The summed E-state index contributed by atoms with van der Waals surface area (Å²) in [7, 11) is 1.37. The van der Waals surface area contributed by atoms with Crippen molar-refractivity contribution in [3.63, 3.8) is 0 Å². The largest absolute Gasteiger partial charge is 0.341 e. The highest BCUT2D eigenvalue weighted by atomic mass is 16.2. The molecular weight excluding hydrogens is 250 g/mol. The van der Waals surface area contributed by atoms with E-state index in [-0.39, 0.29) is 23.7 Å². The molecule has 1 aliphatic carbocycles. The molecule has 0 aromatic heterocycles. The van der Waals surface area contributed by atoms with E-state index in [1.807, 2.05) is 17.5 Å². The average molecular weight is 265 g/mol. The minimum absolute atomic E-state index is 0.327. The number of imide groups is 2. The van der Waals surface area contributed by atoms with Crippen LogP contribution in [0.25, 0.3) is 0 Å². The number of rotatable bonds is 2. The number of nitrogens with one attached hydrogen (secondary N) is 2. The molecule has 1 fully saturated rings. The zero-order valence-electron chi connectivity index (χ0n) is 10.5. The van der Waals surface area contributed by atoms with Gasteiger partial charge in [0, 0.05) is 7.05 Å². The van der Waals surface area contributed by atoms with Crippen LogP contribution < -0.4 is 10.6 Å². The van der Waals surface area contributed by atoms with E-state index < -0.39 is 18.5 Å². The molecule has 19 heavy (non-hydrogen) atoms. The lowest BCUT2D eigenvalue weighted by atomic mass is 9.85. The molecule has 2 rings (SSSR count). The Morgan fingerprint density at radius 2 is 1.74 bits per heavy atom. The highest BCUT2D eigenvalue weighted by Crippen LogP contribution is 2.34. The van der Waals surface area contributed by atoms with E-state index in [9.17, 15) is 19.2 Å². The summed E-state index contributed by atoms with van der Waals surface area (Å²) in [5.74, 6) is -2.04. The van der Waals surface area contributed by atoms with Crippen LogP contribution >= 0.6 is 0 Å². The summed E-state index contributed by atoms with van der Waals surface area (Å²) >= 11 is 0. The first-order valence-electron chi connectivity index (χ1n) is 6.06. The summed E-state index contributed by atoms with van der Waals surface area (Å²) < 4.78 is 0. The van der Waals surface area contributed by atoms with E-state index in [0.29, 0.717) is 12.8 Å². The molecule has 102 valence electrons. The number of allylic oxidation sites excluding steroid dienone is 2. The van der Waals surface area contributed by atoms with Gasteiger partial charge in [-0.25, -0.2) is 4.79 Å². The summed E-state index contributed by atoms with van der Waals surface area (Å²) in [4.78, 5) is 47.5. The lowest BCUT2D eigenvalue weighted by molar-refractivity contribution is -0.143. The molecule has 1 aliphatic heterocycles. The van der Waals surface area contributed by atoms with Crippen molar-refractivity contribution in [1.82, 2.24) is 15.5 Å². The maximum Gasteiger partial charge on any atom is 0.321 e. The fourth-order valence-corrected chi connectivity index (χ4v) is 2.40. The molecule has 2 N–H and O–H groups in total. The molecule has 7 nitrogen and oxygen atoms in total. The number of nitrogens with zero attached hydrogens (tertiary/aromatic N) is 1. The number of amides is 5. The SMILES string of the molecule is CNC(=O)NC(=O)CN1C(=O)[C@@H]2CC=CC[C@H]2C1=O. The van der Waals surface area contributed by atoms with Crippen LogP contribution in [0.2, 0.25) is 0 Å². The molecule has 0 saturated carbocycles. The molecule has 2 atom stereocenters. The topological polar surface area (TPSA) is 95.6 Å². The fraction of sp³-hybridized carbons (Fsp3) is 0.500. The minimum Gasteiger partial charge on any atom is -0.341 e. The van der Waals surface area contributed by atoms with Gasteiger partial charge in [-0.3, -0.25) is 24.6 Å². The van der Waals surface area contributed by atoms with Gasteiger partial charge >= 0.3 is 6.03 Å². The standard InChI is InChI=1S/C12H15N3O4/c1-13-12(19)14-9(16)6-15-10(17)7-4-2-3-5-8(7)11(15)18/h2-3,7-8H,4-6H2,1H3,(H2,13,14,16,19)/t7-,8-/m1/s1. The number of urea groups is 1. The first-order chi connectivity index (χ1) is 9.04. The lowest BCUT2D eigenvalue weighted by Gasteiger charge is -2.14. The molecule has 7 heteroatoms. The summed E-state index contributed by atoms with van der Waals surface area (Å²) in [6, 6.07) is -0.664. The molecule has 0 spiro atoms. The highest BCUT2D eigenvalue weighted by molar-refractivity contribution is 6.08. The van der Waals surface area contributed by atoms with Gasteiger partial charge in [0.1, 0.15) is 6.54 Å². The van der Waals surface area contributed by atoms with E-state index in [0.717, 1.165) is 4.90 Å². The predicted molar refractivity (Wildman–Crippen MR) is 64.7 cm³/mol. The third-order valence-electron chi connectivity index (χ3n) is 3.38. The van der Waals surface area contributed by atoms with Crippen molar-refractivity contribution in [2.24, 2.45) is 11.8 Å². The number of carbonyl (C=O) groups excluding carboxylic acids is 4. The number of carbonyl (C=O) groups is 4. The van der Waals surface area contributed by atoms with Gasteiger partial charge in [-0.05, 0) is 12.8 Å². The van der Waals surface area contributed by atoms with Gasteiger partial charge in [0.25, 0.3) is 0 Å². The van der Waals surface area contributed by atoms with Gasteiger partial charge in [-0.1, -0.05) is 12.2 Å². The average Bonchev–Trinajstić information content (AvgIpc) is 2.64. The van der Waals surface area contributed by atoms with Crippen molar-refractivity contribution in [3.8, 4) is 0 Å². The summed E-state index contributed by atoms with van der Waals surface area (Å²) in [6.07, 6.45) is 4.81. The first-order valence-corrected chi connectivity index (χ1v) is 6.06. The van der Waals surface area contributed by atoms with E-state index >= 15 is 0 Å². The molecule has 0 unspecified atom stereocenters. The third kappa shape index (κ3) is 2.49. The normalized spacial score (nSPS) is 25.2. The lowest BCUT2D eigenvalue weighted by Crippen LogP contribution is -2.45. The van der Waals surface area contributed by atoms with E-state index in [1.165, 1.54) is 7.05 Å². The number of fused-ring (bicyclic) bond motifs is 1. The van der Waals surface area contributed by atoms with Gasteiger partial charge in [0.2, 0.25) is 17.7 Å². The number of likely N-dealkylation sites (tertiary alicyclic amines) is 1. The van der Waals surface area contributed by atoms with Crippen LogP contribution in [0.3, 0.4) is 0 Å². The van der Waals surface area contributed by atoms with Crippen molar-refractivity contribution in [3.05, 3.63) is 12.2 Å². The van der Waals surface area contributed by atoms with Crippen molar-refractivity contribution in [2.75, 3.05) is 13.6 Å². The minimum atomic E-state index is -0.673. The van der Waals surface area contributed by atoms with Crippen LogP contribution in [0.15, 0.2) is 12.2 Å². The molecule has 0 radical (unpaired) electrons. The second-order valence-electron chi connectivity index (χ2n) is 4.55. The van der Waals surface area contributed by atoms with E-state index in [4.69, 9.17) is 0 Å². The smallest absolute Gasteiger partial charge is 0.321 e. The molecule has 1 heterocycles. The second kappa shape index (κ2) is 5.21. The zero-order chi connectivity index (χ0) is 14.0. The maximum absolute atomic E-state index is 12.0. The summed E-state index contributed by atoms with van der Waals surface area (Å²) in [5.41, 5.74) is 0. The Kier molecular flexibility index (Phi) is 3.64. The van der Waals surface area contributed by atoms with Gasteiger partial charge in [-0.15, -0.1) is 0 Å². The molecule has 2 aliphatic rings.